The summed E-state index contributed by atoms with van der Waals surface area (Å²) < 4.78 is 0. The van der Waals surface area contributed by atoms with E-state index >= 15 is 0 Å². The summed E-state index contributed by atoms with van der Waals surface area (Å²) in [6.45, 7) is -0.690. The first-order valence-electron chi connectivity index (χ1n) is 5.82. The Morgan fingerprint density at radius 1 is 1.14 bits per heavy atom. The molecule has 0 bridgehead atoms. The molecule has 0 saturated heterocycles. The first-order chi connectivity index (χ1) is 10.1. The van der Waals surface area contributed by atoms with E-state index in [-0.39, 0.29) is 19.6 Å². The number of amides is 3. The normalized spacial score (nSPS) is 9.29. The van der Waals surface area contributed by atoms with Crippen molar-refractivity contribution in [3.8, 4) is 6.07 Å². The SMILES string of the molecule is N#Cc1ccc(C(=O)NCC(=O)NCC(=O)NCC=O)s1. The molecule has 3 amide bonds. The quantitative estimate of drug-likeness (QED) is 0.544. The highest BCUT2D eigenvalue weighted by molar-refractivity contribution is 7.14. The van der Waals surface area contributed by atoms with Gasteiger partial charge in [-0.15, -0.1) is 11.3 Å². The Morgan fingerprint density at radius 2 is 1.81 bits per heavy atom. The van der Waals surface area contributed by atoms with Crippen molar-refractivity contribution in [3.63, 3.8) is 0 Å². The standard InChI is InChI=1S/C12H12N4O4S/c13-5-8-1-2-9(21-8)12(20)16-7-11(19)15-6-10(18)14-3-4-17/h1-2,4H,3,6-7H2,(H,14,18)(H,15,19)(H,16,20). The molecule has 0 aliphatic rings. The molecule has 110 valence electrons. The maximum absolute atomic E-state index is 11.6. The molecule has 0 aliphatic heterocycles. The molecule has 0 unspecified atom stereocenters. The fraction of sp³-hybridized carbons (Fsp3) is 0.250. The van der Waals surface area contributed by atoms with E-state index in [2.05, 4.69) is 16.0 Å². The molecule has 0 radical (unpaired) electrons. The van der Waals surface area contributed by atoms with E-state index in [0.29, 0.717) is 16.0 Å². The van der Waals surface area contributed by atoms with Crippen molar-refractivity contribution in [1.82, 2.24) is 16.0 Å². The second kappa shape index (κ2) is 8.44. The molecule has 0 aliphatic carbocycles. The van der Waals surface area contributed by atoms with Gasteiger partial charge in [-0.3, -0.25) is 14.4 Å². The molecule has 9 heteroatoms. The average Bonchev–Trinajstić information content (AvgIpc) is 2.97. The number of hydrogen-bond acceptors (Lipinski definition) is 6. The first-order valence-corrected chi connectivity index (χ1v) is 6.63. The van der Waals surface area contributed by atoms with Gasteiger partial charge in [-0.1, -0.05) is 0 Å². The summed E-state index contributed by atoms with van der Waals surface area (Å²) in [6.07, 6.45) is 0.524. The third kappa shape index (κ3) is 5.84. The number of carbonyl (C=O) groups excluding carboxylic acids is 4. The third-order valence-corrected chi connectivity index (χ3v) is 3.17. The molecule has 21 heavy (non-hydrogen) atoms. The zero-order valence-corrected chi connectivity index (χ0v) is 11.7. The van der Waals surface area contributed by atoms with Crippen molar-refractivity contribution >= 4 is 35.3 Å². The number of aldehydes is 1. The van der Waals surface area contributed by atoms with Crippen LogP contribution in [0.1, 0.15) is 14.5 Å². The van der Waals surface area contributed by atoms with Gasteiger partial charge >= 0.3 is 0 Å². The van der Waals surface area contributed by atoms with Crippen LogP contribution in [-0.2, 0) is 14.4 Å². The molecule has 3 N–H and O–H groups in total. The van der Waals surface area contributed by atoms with E-state index in [4.69, 9.17) is 5.26 Å². The Labute approximate surface area is 124 Å². The van der Waals surface area contributed by atoms with E-state index in [1.807, 2.05) is 6.07 Å². The second-order valence-electron chi connectivity index (χ2n) is 3.71. The van der Waals surface area contributed by atoms with Crippen LogP contribution in [0.5, 0.6) is 0 Å². The van der Waals surface area contributed by atoms with E-state index in [1.54, 1.807) is 0 Å². The number of nitrogens with zero attached hydrogens (tertiary/aromatic N) is 1. The Kier molecular flexibility index (Phi) is 6.56. The predicted molar refractivity (Wildman–Crippen MR) is 73.5 cm³/mol. The van der Waals surface area contributed by atoms with Crippen LogP contribution >= 0.6 is 11.3 Å². The number of thiophene rings is 1. The van der Waals surface area contributed by atoms with Gasteiger partial charge in [0.1, 0.15) is 17.2 Å². The maximum Gasteiger partial charge on any atom is 0.261 e. The Bertz CT molecular complexity index is 590. The van der Waals surface area contributed by atoms with Crippen LogP contribution in [0.15, 0.2) is 12.1 Å². The summed E-state index contributed by atoms with van der Waals surface area (Å²) in [5.41, 5.74) is 0. The minimum atomic E-state index is -0.540. The van der Waals surface area contributed by atoms with Crippen LogP contribution in [0.25, 0.3) is 0 Å². The van der Waals surface area contributed by atoms with Crippen LogP contribution in [-0.4, -0.2) is 43.6 Å². The first kappa shape index (κ1) is 16.3. The summed E-state index contributed by atoms with van der Waals surface area (Å²) in [5.74, 6) is -1.51. The van der Waals surface area contributed by atoms with E-state index in [1.165, 1.54) is 12.1 Å². The zero-order valence-electron chi connectivity index (χ0n) is 10.8. The summed E-state index contributed by atoms with van der Waals surface area (Å²) in [4.78, 5) is 44.9. The van der Waals surface area contributed by atoms with Crippen molar-refractivity contribution in [2.75, 3.05) is 19.6 Å². The van der Waals surface area contributed by atoms with Gasteiger partial charge in [0.05, 0.1) is 24.5 Å². The Morgan fingerprint density at radius 3 is 2.43 bits per heavy atom. The predicted octanol–water partition coefficient (Wildman–Crippen LogP) is -1.22. The number of carbonyl (C=O) groups is 4. The van der Waals surface area contributed by atoms with Gasteiger partial charge in [-0.05, 0) is 12.1 Å². The second-order valence-corrected chi connectivity index (χ2v) is 4.79. The molecular weight excluding hydrogens is 296 g/mol. The topological polar surface area (TPSA) is 128 Å². The lowest BCUT2D eigenvalue weighted by Crippen LogP contribution is -2.42. The van der Waals surface area contributed by atoms with E-state index in [0.717, 1.165) is 11.3 Å². The number of nitrogens with one attached hydrogen (secondary N) is 3. The van der Waals surface area contributed by atoms with Gasteiger partial charge in [0, 0.05) is 0 Å². The van der Waals surface area contributed by atoms with E-state index < -0.39 is 17.7 Å². The lowest BCUT2D eigenvalue weighted by Gasteiger charge is -2.06. The molecule has 0 spiro atoms. The summed E-state index contributed by atoms with van der Waals surface area (Å²) in [6, 6.07) is 4.91. The minimum Gasteiger partial charge on any atom is -0.348 e. The van der Waals surface area contributed by atoms with Gasteiger partial charge < -0.3 is 20.7 Å². The monoisotopic (exact) mass is 308 g/mol. The number of rotatable bonds is 7. The molecule has 0 aromatic carbocycles. The van der Waals surface area contributed by atoms with Crippen molar-refractivity contribution in [1.29, 1.82) is 5.26 Å². The van der Waals surface area contributed by atoms with Crippen molar-refractivity contribution in [2.24, 2.45) is 0 Å². The highest BCUT2D eigenvalue weighted by Gasteiger charge is 2.11. The van der Waals surface area contributed by atoms with Crippen LogP contribution in [0.4, 0.5) is 0 Å². The van der Waals surface area contributed by atoms with Gasteiger partial charge in [-0.25, -0.2) is 0 Å². The minimum absolute atomic E-state index is 0.120. The molecule has 8 nitrogen and oxygen atoms in total. The molecule has 0 fully saturated rings. The van der Waals surface area contributed by atoms with Crippen LogP contribution < -0.4 is 16.0 Å². The fourth-order valence-electron chi connectivity index (χ4n) is 1.23. The van der Waals surface area contributed by atoms with Crippen molar-refractivity contribution in [3.05, 3.63) is 21.9 Å². The van der Waals surface area contributed by atoms with Gasteiger partial charge in [0.15, 0.2) is 0 Å². The molecule has 1 aromatic rings. The third-order valence-electron chi connectivity index (χ3n) is 2.18. The highest BCUT2D eigenvalue weighted by atomic mass is 32.1. The zero-order chi connectivity index (χ0) is 15.7. The highest BCUT2D eigenvalue weighted by Crippen LogP contribution is 2.14. The molecule has 1 aromatic heterocycles. The van der Waals surface area contributed by atoms with Crippen LogP contribution in [0.3, 0.4) is 0 Å². The van der Waals surface area contributed by atoms with E-state index in [9.17, 15) is 19.2 Å². The van der Waals surface area contributed by atoms with Gasteiger partial charge in [0.2, 0.25) is 11.8 Å². The number of nitriles is 1. The average molecular weight is 308 g/mol. The lowest BCUT2D eigenvalue weighted by atomic mass is 10.4. The summed E-state index contributed by atoms with van der Waals surface area (Å²) >= 11 is 1.02. The van der Waals surface area contributed by atoms with Crippen molar-refractivity contribution in [2.45, 2.75) is 0 Å². The largest absolute Gasteiger partial charge is 0.348 e. The van der Waals surface area contributed by atoms with Crippen LogP contribution in [0, 0.1) is 11.3 Å². The molecule has 1 rings (SSSR count). The Balaban J connectivity index is 2.29. The summed E-state index contributed by atoms with van der Waals surface area (Å²) in [7, 11) is 0. The Hall–Kier alpha value is -2.73. The summed E-state index contributed by atoms with van der Waals surface area (Å²) in [5, 5.41) is 15.5. The number of hydrogen-bond donors (Lipinski definition) is 3. The smallest absolute Gasteiger partial charge is 0.261 e. The molecule has 0 atom stereocenters. The molecule has 1 heterocycles. The fourth-order valence-corrected chi connectivity index (χ4v) is 1.95. The molecule has 0 saturated carbocycles. The lowest BCUT2D eigenvalue weighted by molar-refractivity contribution is -0.125. The maximum atomic E-state index is 11.6. The van der Waals surface area contributed by atoms with Gasteiger partial charge in [0.25, 0.3) is 5.91 Å². The van der Waals surface area contributed by atoms with Gasteiger partial charge in [-0.2, -0.15) is 5.26 Å². The van der Waals surface area contributed by atoms with Crippen LogP contribution in [0.2, 0.25) is 0 Å². The molecular formula is C12H12N4O4S. The van der Waals surface area contributed by atoms with Crippen molar-refractivity contribution < 1.29 is 19.2 Å².